The van der Waals surface area contributed by atoms with E-state index in [1.165, 1.54) is 28.6 Å². The molecule has 6 heteroatoms. The molecule has 1 aromatic rings. The van der Waals surface area contributed by atoms with Crippen LogP contribution in [-0.4, -0.2) is 30.9 Å². The first kappa shape index (κ1) is 12.2. The van der Waals surface area contributed by atoms with E-state index in [2.05, 4.69) is 4.72 Å². The number of phenolic OH excluding ortho intramolecular Hbond substituents is 1. The van der Waals surface area contributed by atoms with Crippen molar-refractivity contribution in [1.82, 2.24) is 4.31 Å². The fraction of sp³-hybridized carbons (Fsp3) is 0.455. The summed E-state index contributed by atoms with van der Waals surface area (Å²) in [4.78, 5) is 0. The van der Waals surface area contributed by atoms with Gasteiger partial charge in [0, 0.05) is 13.1 Å². The predicted molar refractivity (Wildman–Crippen MR) is 66.1 cm³/mol. The van der Waals surface area contributed by atoms with E-state index in [9.17, 15) is 8.42 Å². The normalized spacial score (nSPS) is 17.9. The van der Waals surface area contributed by atoms with E-state index in [-0.39, 0.29) is 5.75 Å². The van der Waals surface area contributed by atoms with Gasteiger partial charge in [0.1, 0.15) is 5.75 Å². The maximum Gasteiger partial charge on any atom is 0.301 e. The van der Waals surface area contributed by atoms with Crippen molar-refractivity contribution in [2.75, 3.05) is 17.8 Å². The molecule has 0 aliphatic carbocycles. The van der Waals surface area contributed by atoms with Gasteiger partial charge in [0.15, 0.2) is 0 Å². The number of anilines is 1. The summed E-state index contributed by atoms with van der Waals surface area (Å²) >= 11 is 0. The zero-order chi connectivity index (χ0) is 12.3. The van der Waals surface area contributed by atoms with Gasteiger partial charge in [-0.25, -0.2) is 0 Å². The number of benzene rings is 1. The maximum atomic E-state index is 12.0. The van der Waals surface area contributed by atoms with Gasteiger partial charge < -0.3 is 5.11 Å². The second-order valence-corrected chi connectivity index (χ2v) is 5.78. The molecule has 0 bridgehead atoms. The van der Waals surface area contributed by atoms with E-state index in [1.807, 2.05) is 0 Å². The highest BCUT2D eigenvalue weighted by atomic mass is 32.2. The lowest BCUT2D eigenvalue weighted by Crippen LogP contribution is -2.39. The van der Waals surface area contributed by atoms with E-state index in [0.29, 0.717) is 18.8 Å². The zero-order valence-electron chi connectivity index (χ0n) is 9.46. The first-order valence-corrected chi connectivity index (χ1v) is 7.09. The second-order valence-electron chi connectivity index (χ2n) is 4.11. The van der Waals surface area contributed by atoms with Gasteiger partial charge in [0.25, 0.3) is 0 Å². The molecule has 1 aliphatic rings. The van der Waals surface area contributed by atoms with Crippen molar-refractivity contribution in [2.45, 2.75) is 19.3 Å². The van der Waals surface area contributed by atoms with Crippen LogP contribution in [0.2, 0.25) is 0 Å². The summed E-state index contributed by atoms with van der Waals surface area (Å²) in [5.74, 6) is 0.117. The van der Waals surface area contributed by atoms with Gasteiger partial charge in [-0.1, -0.05) is 6.42 Å². The van der Waals surface area contributed by atoms with Crippen LogP contribution >= 0.6 is 0 Å². The van der Waals surface area contributed by atoms with Gasteiger partial charge in [0.2, 0.25) is 0 Å². The molecule has 1 aliphatic heterocycles. The van der Waals surface area contributed by atoms with Crippen LogP contribution in [0.3, 0.4) is 0 Å². The Balaban J connectivity index is 2.08. The van der Waals surface area contributed by atoms with Crippen LogP contribution in [0.4, 0.5) is 5.69 Å². The zero-order valence-corrected chi connectivity index (χ0v) is 10.3. The monoisotopic (exact) mass is 256 g/mol. The van der Waals surface area contributed by atoms with E-state index in [4.69, 9.17) is 5.11 Å². The third kappa shape index (κ3) is 3.10. The van der Waals surface area contributed by atoms with Crippen LogP contribution in [-0.2, 0) is 10.2 Å². The Kier molecular flexibility index (Phi) is 3.54. The molecule has 0 saturated carbocycles. The third-order valence-corrected chi connectivity index (χ3v) is 4.31. The Hall–Kier alpha value is -1.27. The Morgan fingerprint density at radius 3 is 2.24 bits per heavy atom. The van der Waals surface area contributed by atoms with Gasteiger partial charge in [-0.2, -0.15) is 12.7 Å². The molecule has 0 amide bonds. The minimum atomic E-state index is -3.45. The van der Waals surface area contributed by atoms with E-state index >= 15 is 0 Å². The van der Waals surface area contributed by atoms with Crippen LogP contribution in [0.5, 0.6) is 5.75 Å². The Morgan fingerprint density at radius 1 is 1.06 bits per heavy atom. The number of phenols is 1. The number of hydrogen-bond donors (Lipinski definition) is 2. The molecule has 1 saturated heterocycles. The molecular weight excluding hydrogens is 240 g/mol. The molecule has 5 nitrogen and oxygen atoms in total. The summed E-state index contributed by atoms with van der Waals surface area (Å²) in [6.07, 6.45) is 2.91. The molecular formula is C11H16N2O3S. The molecule has 0 unspecified atom stereocenters. The van der Waals surface area contributed by atoms with Crippen molar-refractivity contribution in [3.63, 3.8) is 0 Å². The van der Waals surface area contributed by atoms with Gasteiger partial charge in [-0.05, 0) is 37.1 Å². The number of hydrogen-bond acceptors (Lipinski definition) is 3. The van der Waals surface area contributed by atoms with E-state index in [0.717, 1.165) is 19.3 Å². The molecule has 1 fully saturated rings. The van der Waals surface area contributed by atoms with Crippen molar-refractivity contribution >= 4 is 15.9 Å². The Bertz CT molecular complexity index is 464. The lowest BCUT2D eigenvalue weighted by atomic mass is 10.2. The lowest BCUT2D eigenvalue weighted by molar-refractivity contribution is 0.349. The quantitative estimate of drug-likeness (QED) is 0.806. The molecule has 1 aromatic carbocycles. The van der Waals surface area contributed by atoms with Gasteiger partial charge in [-0.3, -0.25) is 4.72 Å². The van der Waals surface area contributed by atoms with Crippen LogP contribution < -0.4 is 4.72 Å². The summed E-state index contributed by atoms with van der Waals surface area (Å²) in [6.45, 7) is 1.15. The molecule has 1 heterocycles. The highest BCUT2D eigenvalue weighted by molar-refractivity contribution is 7.90. The number of piperidine rings is 1. The molecule has 2 rings (SSSR count). The van der Waals surface area contributed by atoms with E-state index in [1.54, 1.807) is 0 Å². The summed E-state index contributed by atoms with van der Waals surface area (Å²) in [5.41, 5.74) is 0.466. The Morgan fingerprint density at radius 2 is 1.65 bits per heavy atom. The minimum Gasteiger partial charge on any atom is -0.508 e. The Labute approximate surface area is 101 Å². The highest BCUT2D eigenvalue weighted by Crippen LogP contribution is 2.18. The minimum absolute atomic E-state index is 0.117. The maximum absolute atomic E-state index is 12.0. The standard InChI is InChI=1S/C11H16N2O3S/c14-11-6-4-10(5-7-11)12-17(15,16)13-8-2-1-3-9-13/h4-7,12,14H,1-3,8-9H2. The fourth-order valence-electron chi connectivity index (χ4n) is 1.85. The smallest absolute Gasteiger partial charge is 0.301 e. The number of nitrogens with one attached hydrogen (secondary N) is 1. The van der Waals surface area contributed by atoms with Crippen molar-refractivity contribution in [1.29, 1.82) is 0 Å². The third-order valence-electron chi connectivity index (χ3n) is 2.77. The van der Waals surface area contributed by atoms with E-state index < -0.39 is 10.2 Å². The molecule has 2 N–H and O–H groups in total. The summed E-state index contributed by atoms with van der Waals surface area (Å²) in [5, 5.41) is 9.12. The first-order valence-electron chi connectivity index (χ1n) is 5.65. The SMILES string of the molecule is O=S(=O)(Nc1ccc(O)cc1)N1CCCCC1. The molecule has 0 aromatic heterocycles. The predicted octanol–water partition coefficient (Wildman–Crippen LogP) is 1.53. The molecule has 0 spiro atoms. The summed E-state index contributed by atoms with van der Waals surface area (Å²) in [6, 6.07) is 5.98. The fourth-order valence-corrected chi connectivity index (χ4v) is 3.15. The average molecular weight is 256 g/mol. The number of rotatable bonds is 3. The molecule has 0 radical (unpaired) electrons. The summed E-state index contributed by atoms with van der Waals surface area (Å²) < 4.78 is 27.9. The van der Waals surface area contributed by atoms with Gasteiger partial charge >= 0.3 is 10.2 Å². The number of aromatic hydroxyl groups is 1. The highest BCUT2D eigenvalue weighted by Gasteiger charge is 2.23. The van der Waals surface area contributed by atoms with Crippen LogP contribution in [0, 0.1) is 0 Å². The van der Waals surface area contributed by atoms with Crippen molar-refractivity contribution in [3.05, 3.63) is 24.3 Å². The van der Waals surface area contributed by atoms with Crippen molar-refractivity contribution in [2.24, 2.45) is 0 Å². The average Bonchev–Trinajstić information content (AvgIpc) is 2.33. The topological polar surface area (TPSA) is 69.6 Å². The van der Waals surface area contributed by atoms with Crippen LogP contribution in [0.15, 0.2) is 24.3 Å². The lowest BCUT2D eigenvalue weighted by Gasteiger charge is -2.26. The van der Waals surface area contributed by atoms with Crippen molar-refractivity contribution < 1.29 is 13.5 Å². The summed E-state index contributed by atoms with van der Waals surface area (Å²) in [7, 11) is -3.45. The van der Waals surface area contributed by atoms with Crippen LogP contribution in [0.1, 0.15) is 19.3 Å². The van der Waals surface area contributed by atoms with Crippen LogP contribution in [0.25, 0.3) is 0 Å². The largest absolute Gasteiger partial charge is 0.508 e. The van der Waals surface area contributed by atoms with Gasteiger partial charge in [-0.15, -0.1) is 0 Å². The molecule has 17 heavy (non-hydrogen) atoms. The molecule has 0 atom stereocenters. The first-order chi connectivity index (χ1) is 8.08. The molecule has 94 valence electrons. The van der Waals surface area contributed by atoms with Crippen molar-refractivity contribution in [3.8, 4) is 5.75 Å². The van der Waals surface area contributed by atoms with Gasteiger partial charge in [0.05, 0.1) is 5.69 Å². The number of nitrogens with zero attached hydrogens (tertiary/aromatic N) is 1. The second kappa shape index (κ2) is 4.93.